The van der Waals surface area contributed by atoms with Gasteiger partial charge in [-0.2, -0.15) is 0 Å². The van der Waals surface area contributed by atoms with E-state index in [1.807, 2.05) is 4.90 Å². The first kappa shape index (κ1) is 16.1. The van der Waals surface area contributed by atoms with Crippen LogP contribution in [0.5, 0.6) is 0 Å². The standard InChI is InChI=1S/C13H21N3O3S2/c1-7-4-8(2)6-16(5-7)13-11(21(3,18)19)9(14)10(20-13)12(15)17/h7-8H,4-6,14H2,1-3H3,(H2,15,17). The van der Waals surface area contributed by atoms with Gasteiger partial charge in [-0.3, -0.25) is 4.79 Å². The number of thiophene rings is 1. The van der Waals surface area contributed by atoms with Crippen LogP contribution < -0.4 is 16.4 Å². The molecule has 0 spiro atoms. The average Bonchev–Trinajstić information content (AvgIpc) is 2.65. The number of carbonyl (C=O) groups is 1. The van der Waals surface area contributed by atoms with Crippen LogP contribution in [0.4, 0.5) is 10.7 Å². The second kappa shape index (κ2) is 5.49. The summed E-state index contributed by atoms with van der Waals surface area (Å²) in [4.78, 5) is 13.6. The van der Waals surface area contributed by atoms with Gasteiger partial charge in [0.1, 0.15) is 14.8 Å². The van der Waals surface area contributed by atoms with Crippen molar-refractivity contribution < 1.29 is 13.2 Å². The Morgan fingerprint density at radius 3 is 2.24 bits per heavy atom. The summed E-state index contributed by atoms with van der Waals surface area (Å²) in [6.07, 6.45) is 2.21. The van der Waals surface area contributed by atoms with Gasteiger partial charge >= 0.3 is 0 Å². The fraction of sp³-hybridized carbons (Fsp3) is 0.615. The van der Waals surface area contributed by atoms with E-state index < -0.39 is 15.7 Å². The number of hydrogen-bond acceptors (Lipinski definition) is 6. The second-order valence-corrected chi connectivity index (χ2v) is 8.92. The summed E-state index contributed by atoms with van der Waals surface area (Å²) in [7, 11) is -3.53. The van der Waals surface area contributed by atoms with Crippen LogP contribution in [0.2, 0.25) is 0 Å². The van der Waals surface area contributed by atoms with E-state index in [0.717, 1.165) is 37.1 Å². The quantitative estimate of drug-likeness (QED) is 0.868. The molecule has 1 aliphatic rings. The van der Waals surface area contributed by atoms with Gasteiger partial charge in [0, 0.05) is 19.3 Å². The lowest BCUT2D eigenvalue weighted by molar-refractivity contribution is 0.100. The van der Waals surface area contributed by atoms with Crippen molar-refractivity contribution in [1.82, 2.24) is 0 Å². The predicted molar refractivity (Wildman–Crippen MR) is 85.5 cm³/mol. The molecular weight excluding hydrogens is 310 g/mol. The second-order valence-electron chi connectivity index (χ2n) is 5.97. The third kappa shape index (κ3) is 3.16. The normalized spacial score (nSPS) is 23.3. The van der Waals surface area contributed by atoms with E-state index in [0.29, 0.717) is 16.8 Å². The van der Waals surface area contributed by atoms with Crippen molar-refractivity contribution in [2.24, 2.45) is 17.6 Å². The topological polar surface area (TPSA) is 106 Å². The molecule has 2 atom stereocenters. The van der Waals surface area contributed by atoms with Crippen molar-refractivity contribution in [3.63, 3.8) is 0 Å². The molecule has 0 aromatic carbocycles. The zero-order valence-electron chi connectivity index (χ0n) is 12.4. The minimum absolute atomic E-state index is 0.0177. The Bertz CT molecular complexity index is 656. The smallest absolute Gasteiger partial charge is 0.261 e. The van der Waals surface area contributed by atoms with Gasteiger partial charge in [-0.05, 0) is 18.3 Å². The van der Waals surface area contributed by atoms with Crippen LogP contribution in [0.3, 0.4) is 0 Å². The number of rotatable bonds is 3. The molecule has 1 amide bonds. The maximum atomic E-state index is 12.1. The summed E-state index contributed by atoms with van der Waals surface area (Å²) in [5, 5.41) is 0.544. The molecule has 0 aliphatic carbocycles. The molecule has 1 aliphatic heterocycles. The van der Waals surface area contributed by atoms with Crippen LogP contribution in [-0.2, 0) is 9.84 Å². The number of anilines is 2. The summed E-state index contributed by atoms with van der Waals surface area (Å²) in [6, 6.07) is 0. The number of nitrogen functional groups attached to an aromatic ring is 1. The van der Waals surface area contributed by atoms with Crippen molar-refractivity contribution in [3.05, 3.63) is 4.88 Å². The van der Waals surface area contributed by atoms with Gasteiger partial charge in [0.15, 0.2) is 9.84 Å². The fourth-order valence-electron chi connectivity index (χ4n) is 2.99. The van der Waals surface area contributed by atoms with Crippen molar-refractivity contribution >= 4 is 37.8 Å². The third-order valence-corrected chi connectivity index (χ3v) is 6.20. The molecule has 0 radical (unpaired) electrons. The van der Waals surface area contributed by atoms with Crippen LogP contribution in [0.1, 0.15) is 29.9 Å². The lowest BCUT2D eigenvalue weighted by Gasteiger charge is -2.36. The highest BCUT2D eigenvalue weighted by Crippen LogP contribution is 2.43. The van der Waals surface area contributed by atoms with Gasteiger partial charge in [0.2, 0.25) is 0 Å². The van der Waals surface area contributed by atoms with E-state index in [-0.39, 0.29) is 15.5 Å². The van der Waals surface area contributed by atoms with E-state index in [1.54, 1.807) is 0 Å². The van der Waals surface area contributed by atoms with Crippen molar-refractivity contribution in [2.45, 2.75) is 25.2 Å². The van der Waals surface area contributed by atoms with E-state index in [9.17, 15) is 13.2 Å². The zero-order chi connectivity index (χ0) is 15.9. The van der Waals surface area contributed by atoms with Gasteiger partial charge in [-0.15, -0.1) is 11.3 Å². The van der Waals surface area contributed by atoms with Crippen LogP contribution >= 0.6 is 11.3 Å². The number of primary amides is 1. The first-order valence-corrected chi connectivity index (χ1v) is 9.49. The van der Waals surface area contributed by atoms with Crippen LogP contribution in [0.15, 0.2) is 4.90 Å². The van der Waals surface area contributed by atoms with Crippen molar-refractivity contribution in [2.75, 3.05) is 30.0 Å². The Morgan fingerprint density at radius 1 is 1.29 bits per heavy atom. The number of hydrogen-bond donors (Lipinski definition) is 2. The molecule has 118 valence electrons. The number of carbonyl (C=O) groups excluding carboxylic acids is 1. The van der Waals surface area contributed by atoms with Crippen LogP contribution in [0.25, 0.3) is 0 Å². The van der Waals surface area contributed by atoms with Crippen molar-refractivity contribution in [3.8, 4) is 0 Å². The predicted octanol–water partition coefficient (Wildman–Crippen LogP) is 1.32. The molecule has 4 N–H and O–H groups in total. The number of nitrogens with zero attached hydrogens (tertiary/aromatic N) is 1. The van der Waals surface area contributed by atoms with Gasteiger partial charge in [-0.25, -0.2) is 8.42 Å². The minimum Gasteiger partial charge on any atom is -0.396 e. The number of amides is 1. The van der Waals surface area contributed by atoms with E-state index in [1.165, 1.54) is 0 Å². The molecule has 2 heterocycles. The van der Waals surface area contributed by atoms with Crippen LogP contribution in [-0.4, -0.2) is 33.7 Å². The molecule has 0 bridgehead atoms. The summed E-state index contributed by atoms with van der Waals surface area (Å²) in [5.41, 5.74) is 11.2. The van der Waals surface area contributed by atoms with Crippen molar-refractivity contribution in [1.29, 1.82) is 0 Å². The van der Waals surface area contributed by atoms with Gasteiger partial charge in [0.25, 0.3) is 5.91 Å². The summed E-state index contributed by atoms with van der Waals surface area (Å²) in [6.45, 7) is 5.78. The third-order valence-electron chi connectivity index (χ3n) is 3.63. The molecule has 1 saturated heterocycles. The molecular formula is C13H21N3O3S2. The molecule has 8 heteroatoms. The number of sulfone groups is 1. The Labute approximate surface area is 129 Å². The van der Waals surface area contributed by atoms with E-state index in [2.05, 4.69) is 13.8 Å². The molecule has 2 unspecified atom stereocenters. The Balaban J connectivity index is 2.57. The largest absolute Gasteiger partial charge is 0.396 e. The van der Waals surface area contributed by atoms with Gasteiger partial charge in [-0.1, -0.05) is 13.8 Å². The van der Waals surface area contributed by atoms with Gasteiger partial charge in [0.05, 0.1) is 5.69 Å². The summed E-state index contributed by atoms with van der Waals surface area (Å²) < 4.78 is 24.1. The van der Waals surface area contributed by atoms with E-state index in [4.69, 9.17) is 11.5 Å². The Hall–Kier alpha value is -1.28. The Kier molecular flexibility index (Phi) is 4.21. The molecule has 6 nitrogen and oxygen atoms in total. The lowest BCUT2D eigenvalue weighted by atomic mass is 9.92. The first-order valence-electron chi connectivity index (χ1n) is 6.78. The lowest BCUT2D eigenvalue weighted by Crippen LogP contribution is -2.38. The highest BCUT2D eigenvalue weighted by molar-refractivity contribution is 7.91. The molecule has 1 aromatic heterocycles. The van der Waals surface area contributed by atoms with E-state index >= 15 is 0 Å². The summed E-state index contributed by atoms with van der Waals surface area (Å²) >= 11 is 1.08. The maximum Gasteiger partial charge on any atom is 0.261 e. The highest BCUT2D eigenvalue weighted by Gasteiger charge is 2.32. The first-order chi connectivity index (χ1) is 9.61. The SMILES string of the molecule is CC1CC(C)CN(c2sc(C(N)=O)c(N)c2S(C)(=O)=O)C1. The molecule has 1 fully saturated rings. The average molecular weight is 331 g/mol. The maximum absolute atomic E-state index is 12.1. The van der Waals surface area contributed by atoms with Gasteiger partial charge < -0.3 is 16.4 Å². The zero-order valence-corrected chi connectivity index (χ0v) is 14.1. The Morgan fingerprint density at radius 2 is 1.81 bits per heavy atom. The molecule has 0 saturated carbocycles. The highest BCUT2D eigenvalue weighted by atomic mass is 32.2. The number of nitrogens with two attached hydrogens (primary N) is 2. The molecule has 1 aromatic rings. The monoisotopic (exact) mass is 331 g/mol. The van der Waals surface area contributed by atoms with Crippen LogP contribution in [0, 0.1) is 11.8 Å². The fourth-order valence-corrected chi connectivity index (χ4v) is 5.57. The molecule has 21 heavy (non-hydrogen) atoms. The number of piperidine rings is 1. The minimum atomic E-state index is -3.53. The summed E-state index contributed by atoms with van der Waals surface area (Å²) in [5.74, 6) is 0.231. The molecule has 2 rings (SSSR count).